The van der Waals surface area contributed by atoms with Gasteiger partial charge in [0.05, 0.1) is 11.7 Å². The quantitative estimate of drug-likeness (QED) is 0.675. The Bertz CT molecular complexity index is 922. The number of rotatable bonds is 3. The van der Waals surface area contributed by atoms with Crippen molar-refractivity contribution in [3.8, 4) is 11.3 Å². The van der Waals surface area contributed by atoms with E-state index in [1.54, 1.807) is 17.7 Å². The lowest BCUT2D eigenvalue weighted by atomic mass is 10.1. The van der Waals surface area contributed by atoms with E-state index in [1.165, 1.54) is 6.07 Å². The topological polar surface area (TPSA) is 46.8 Å². The van der Waals surface area contributed by atoms with Crippen LogP contribution in [-0.2, 0) is 0 Å². The van der Waals surface area contributed by atoms with Crippen LogP contribution in [0.1, 0.15) is 19.7 Å². The van der Waals surface area contributed by atoms with Crippen LogP contribution in [0.15, 0.2) is 18.3 Å². The number of fused-ring (bicyclic) bond motifs is 1. The third-order valence-electron chi connectivity index (χ3n) is 3.90. The van der Waals surface area contributed by atoms with Gasteiger partial charge in [0.15, 0.2) is 11.6 Å². The van der Waals surface area contributed by atoms with Gasteiger partial charge in [0.25, 0.3) is 0 Å². The van der Waals surface area contributed by atoms with E-state index >= 15 is 0 Å². The van der Waals surface area contributed by atoms with E-state index in [-0.39, 0.29) is 28.1 Å². The molecule has 0 atom stereocenters. The smallest absolute Gasteiger partial charge is 0.223 e. The molecule has 0 N–H and O–H groups in total. The van der Waals surface area contributed by atoms with E-state index in [0.29, 0.717) is 11.3 Å². The predicted molar refractivity (Wildman–Crippen MR) is 89.7 cm³/mol. The van der Waals surface area contributed by atoms with Crippen LogP contribution < -0.4 is 5.01 Å². The molecule has 0 spiro atoms. The van der Waals surface area contributed by atoms with E-state index in [4.69, 9.17) is 11.6 Å². The van der Waals surface area contributed by atoms with E-state index in [2.05, 4.69) is 15.0 Å². The molecule has 0 fully saturated rings. The molecule has 0 saturated heterocycles. The molecule has 24 heavy (non-hydrogen) atoms. The summed E-state index contributed by atoms with van der Waals surface area (Å²) in [6.45, 7) is 5.81. The van der Waals surface area contributed by atoms with Crippen molar-refractivity contribution < 1.29 is 8.78 Å². The predicted octanol–water partition coefficient (Wildman–Crippen LogP) is 3.71. The van der Waals surface area contributed by atoms with Gasteiger partial charge in [-0.1, -0.05) is 0 Å². The molecule has 0 unspecified atom stereocenters. The maximum atomic E-state index is 14.5. The number of aryl methyl sites for hydroxylation is 1. The molecule has 2 heterocycles. The van der Waals surface area contributed by atoms with Gasteiger partial charge >= 0.3 is 0 Å². The van der Waals surface area contributed by atoms with Gasteiger partial charge in [-0.2, -0.15) is 0 Å². The Morgan fingerprint density at radius 2 is 1.88 bits per heavy atom. The van der Waals surface area contributed by atoms with Gasteiger partial charge in [-0.25, -0.2) is 28.4 Å². The third-order valence-corrected chi connectivity index (χ3v) is 4.08. The van der Waals surface area contributed by atoms with Gasteiger partial charge in [-0.3, -0.25) is 0 Å². The van der Waals surface area contributed by atoms with Crippen molar-refractivity contribution in [1.82, 2.24) is 19.6 Å². The fourth-order valence-electron chi connectivity index (χ4n) is 2.55. The molecule has 0 bridgehead atoms. The van der Waals surface area contributed by atoms with Crippen molar-refractivity contribution >= 4 is 22.6 Å². The first-order valence-electron chi connectivity index (χ1n) is 7.39. The minimum absolute atomic E-state index is 0.0478. The Balaban J connectivity index is 2.29. The van der Waals surface area contributed by atoms with E-state index < -0.39 is 11.6 Å². The van der Waals surface area contributed by atoms with Crippen molar-refractivity contribution in [1.29, 1.82) is 0 Å². The zero-order valence-corrected chi connectivity index (χ0v) is 14.4. The van der Waals surface area contributed by atoms with E-state index in [1.807, 2.05) is 25.9 Å². The molecule has 1 aromatic carbocycles. The number of hydrogen-bond donors (Lipinski definition) is 0. The van der Waals surface area contributed by atoms with E-state index in [9.17, 15) is 8.78 Å². The number of benzene rings is 1. The summed E-state index contributed by atoms with van der Waals surface area (Å²) in [5.74, 6) is -0.577. The van der Waals surface area contributed by atoms with Crippen molar-refractivity contribution in [3.63, 3.8) is 0 Å². The minimum Gasteiger partial charge on any atom is -0.312 e. The highest BCUT2D eigenvalue weighted by Gasteiger charge is 2.19. The highest BCUT2D eigenvalue weighted by Crippen LogP contribution is 2.28. The lowest BCUT2D eigenvalue weighted by molar-refractivity contribution is 0.571. The lowest BCUT2D eigenvalue weighted by Crippen LogP contribution is -2.37. The summed E-state index contributed by atoms with van der Waals surface area (Å²) in [5, 5.41) is 1.83. The van der Waals surface area contributed by atoms with Crippen LogP contribution in [0.3, 0.4) is 0 Å². The zero-order valence-electron chi connectivity index (χ0n) is 13.7. The molecule has 0 amide bonds. The summed E-state index contributed by atoms with van der Waals surface area (Å²) in [7, 11) is 1.88. The molecular weight excluding hydrogens is 336 g/mol. The summed E-state index contributed by atoms with van der Waals surface area (Å²) in [5.41, 5.74) is 0.991. The first-order valence-corrected chi connectivity index (χ1v) is 7.77. The van der Waals surface area contributed by atoms with Crippen LogP contribution in [0.2, 0.25) is 5.28 Å². The standard InChI is InChI=1S/C16H16ClF2N5/c1-8(2)23(4)24-9(3)21-15-11(18)5-10(6-13(15)24)14-12(19)7-20-16(17)22-14/h5-8H,1-4H3. The Morgan fingerprint density at radius 3 is 2.54 bits per heavy atom. The summed E-state index contributed by atoms with van der Waals surface area (Å²) < 4.78 is 30.4. The van der Waals surface area contributed by atoms with Gasteiger partial charge in [0, 0.05) is 18.7 Å². The fraction of sp³-hybridized carbons (Fsp3) is 0.312. The van der Waals surface area contributed by atoms with Gasteiger partial charge < -0.3 is 5.01 Å². The number of aromatic nitrogens is 4. The summed E-state index contributed by atoms with van der Waals surface area (Å²) in [6.07, 6.45) is 0.968. The van der Waals surface area contributed by atoms with Crippen LogP contribution in [0.4, 0.5) is 8.78 Å². The number of imidazole rings is 1. The Kier molecular flexibility index (Phi) is 4.13. The van der Waals surface area contributed by atoms with Gasteiger partial charge in [-0.15, -0.1) is 0 Å². The van der Waals surface area contributed by atoms with Crippen molar-refractivity contribution in [2.24, 2.45) is 0 Å². The monoisotopic (exact) mass is 351 g/mol. The molecule has 0 radical (unpaired) electrons. The number of nitrogens with zero attached hydrogens (tertiary/aromatic N) is 5. The second kappa shape index (κ2) is 5.98. The SMILES string of the molecule is Cc1nc2c(F)cc(-c3nc(Cl)ncc3F)cc2n1N(C)C(C)C. The molecule has 5 nitrogen and oxygen atoms in total. The number of halogens is 3. The molecular formula is C16H16ClF2N5. The van der Waals surface area contributed by atoms with Crippen molar-refractivity contribution in [3.05, 3.63) is 41.1 Å². The first kappa shape index (κ1) is 16.6. The summed E-state index contributed by atoms with van der Waals surface area (Å²) in [4.78, 5) is 11.7. The van der Waals surface area contributed by atoms with Crippen LogP contribution in [0.5, 0.6) is 0 Å². The van der Waals surface area contributed by atoms with Crippen LogP contribution in [0, 0.1) is 18.6 Å². The average Bonchev–Trinajstić information content (AvgIpc) is 2.85. The largest absolute Gasteiger partial charge is 0.312 e. The average molecular weight is 352 g/mol. The fourth-order valence-corrected chi connectivity index (χ4v) is 2.69. The van der Waals surface area contributed by atoms with Gasteiger partial charge in [-0.05, 0) is 44.5 Å². The molecule has 126 valence electrons. The normalized spacial score (nSPS) is 11.5. The third kappa shape index (κ3) is 2.69. The summed E-state index contributed by atoms with van der Waals surface area (Å²) >= 11 is 5.74. The second-order valence-electron chi connectivity index (χ2n) is 5.80. The second-order valence-corrected chi connectivity index (χ2v) is 6.14. The highest BCUT2D eigenvalue weighted by molar-refractivity contribution is 6.28. The van der Waals surface area contributed by atoms with E-state index in [0.717, 1.165) is 6.20 Å². The summed E-state index contributed by atoms with van der Waals surface area (Å²) in [6, 6.07) is 3.02. The maximum Gasteiger partial charge on any atom is 0.223 e. The molecule has 0 aliphatic rings. The van der Waals surface area contributed by atoms with Crippen molar-refractivity contribution in [2.45, 2.75) is 26.8 Å². The van der Waals surface area contributed by atoms with Gasteiger partial charge in [0.2, 0.25) is 5.28 Å². The molecule has 0 saturated carbocycles. The first-order chi connectivity index (χ1) is 11.3. The Morgan fingerprint density at radius 1 is 1.17 bits per heavy atom. The van der Waals surface area contributed by atoms with Crippen molar-refractivity contribution in [2.75, 3.05) is 12.1 Å². The lowest BCUT2D eigenvalue weighted by Gasteiger charge is -2.26. The molecule has 8 heteroatoms. The van der Waals surface area contributed by atoms with Gasteiger partial charge in [0.1, 0.15) is 17.0 Å². The minimum atomic E-state index is -0.668. The molecule has 3 rings (SSSR count). The number of hydrogen-bond acceptors (Lipinski definition) is 4. The molecule has 2 aromatic heterocycles. The molecule has 3 aromatic rings. The van der Waals surface area contributed by atoms with Crippen LogP contribution in [-0.4, -0.2) is 32.7 Å². The molecule has 0 aliphatic heterocycles. The highest BCUT2D eigenvalue weighted by atomic mass is 35.5. The van der Waals surface area contributed by atoms with Crippen LogP contribution >= 0.6 is 11.6 Å². The zero-order chi connectivity index (χ0) is 17.6. The Hall–Kier alpha value is -2.28. The Labute approximate surface area is 142 Å². The molecule has 0 aliphatic carbocycles. The van der Waals surface area contributed by atoms with Crippen LogP contribution in [0.25, 0.3) is 22.3 Å². The maximum absolute atomic E-state index is 14.5.